The number of carbonyl (C=O) groups excluding carboxylic acids is 2. The van der Waals surface area contributed by atoms with Gasteiger partial charge in [0.25, 0.3) is 5.91 Å². The SMILES string of the molecule is O=C(Nc1ccc(F)c(Cl)c1)C1=NN([C@H]2CCS(=O)(=O)C2)C(=O)CC1. The minimum atomic E-state index is -3.18. The highest BCUT2D eigenvalue weighted by Gasteiger charge is 2.37. The molecule has 0 bridgehead atoms. The molecular formula is C15H15ClFN3O4S. The molecule has 1 aromatic carbocycles. The summed E-state index contributed by atoms with van der Waals surface area (Å²) in [6.45, 7) is 0. The lowest BCUT2D eigenvalue weighted by Gasteiger charge is -2.27. The highest BCUT2D eigenvalue weighted by atomic mass is 35.5. The molecule has 1 aromatic rings. The lowest BCUT2D eigenvalue weighted by Crippen LogP contribution is -2.42. The van der Waals surface area contributed by atoms with Crippen molar-refractivity contribution >= 4 is 44.7 Å². The van der Waals surface area contributed by atoms with E-state index in [0.29, 0.717) is 12.1 Å². The van der Waals surface area contributed by atoms with Gasteiger partial charge in [-0.2, -0.15) is 5.10 Å². The first kappa shape index (κ1) is 17.8. The van der Waals surface area contributed by atoms with Gasteiger partial charge in [-0.1, -0.05) is 11.6 Å². The fourth-order valence-corrected chi connectivity index (χ4v) is 4.64. The molecule has 0 spiro atoms. The van der Waals surface area contributed by atoms with Crippen molar-refractivity contribution in [3.8, 4) is 0 Å². The molecule has 10 heteroatoms. The van der Waals surface area contributed by atoms with E-state index in [9.17, 15) is 22.4 Å². The van der Waals surface area contributed by atoms with E-state index >= 15 is 0 Å². The van der Waals surface area contributed by atoms with Crippen LogP contribution < -0.4 is 5.32 Å². The van der Waals surface area contributed by atoms with E-state index in [-0.39, 0.29) is 41.0 Å². The van der Waals surface area contributed by atoms with Gasteiger partial charge >= 0.3 is 0 Å². The number of carbonyl (C=O) groups is 2. The van der Waals surface area contributed by atoms with Crippen LogP contribution in [0.1, 0.15) is 19.3 Å². The third-order valence-corrected chi connectivity index (χ3v) is 6.09. The lowest BCUT2D eigenvalue weighted by atomic mass is 10.1. The van der Waals surface area contributed by atoms with Crippen LogP contribution in [0, 0.1) is 5.82 Å². The quantitative estimate of drug-likeness (QED) is 0.851. The van der Waals surface area contributed by atoms with Gasteiger partial charge in [0, 0.05) is 18.5 Å². The third kappa shape index (κ3) is 3.98. The minimum Gasteiger partial charge on any atom is -0.321 e. The Morgan fingerprint density at radius 3 is 2.76 bits per heavy atom. The van der Waals surface area contributed by atoms with Gasteiger partial charge in [-0.25, -0.2) is 17.8 Å². The molecule has 2 aliphatic rings. The summed E-state index contributed by atoms with van der Waals surface area (Å²) >= 11 is 5.67. The fraction of sp³-hybridized carbons (Fsp3) is 0.400. The maximum Gasteiger partial charge on any atom is 0.271 e. The molecule has 7 nitrogen and oxygen atoms in total. The predicted molar refractivity (Wildman–Crippen MR) is 90.6 cm³/mol. The number of rotatable bonds is 3. The molecule has 0 unspecified atom stereocenters. The topological polar surface area (TPSA) is 95.9 Å². The van der Waals surface area contributed by atoms with Crippen LogP contribution >= 0.6 is 11.6 Å². The zero-order chi connectivity index (χ0) is 18.2. The summed E-state index contributed by atoms with van der Waals surface area (Å²) < 4.78 is 36.4. The molecule has 0 aromatic heterocycles. The molecular weight excluding hydrogens is 373 g/mol. The van der Waals surface area contributed by atoms with Gasteiger partial charge in [0.2, 0.25) is 5.91 Å². The van der Waals surface area contributed by atoms with Crippen LogP contribution in [0.15, 0.2) is 23.3 Å². The number of benzene rings is 1. The second-order valence-electron chi connectivity index (χ2n) is 5.92. The summed E-state index contributed by atoms with van der Waals surface area (Å²) in [6.07, 6.45) is 0.530. The first-order valence-electron chi connectivity index (χ1n) is 7.61. The number of hydrogen-bond donors (Lipinski definition) is 1. The molecule has 1 N–H and O–H groups in total. The lowest BCUT2D eigenvalue weighted by molar-refractivity contribution is -0.133. The molecule has 134 valence electrons. The van der Waals surface area contributed by atoms with E-state index in [2.05, 4.69) is 10.4 Å². The molecule has 1 saturated heterocycles. The number of anilines is 1. The van der Waals surface area contributed by atoms with E-state index in [1.54, 1.807) is 0 Å². The number of halogens is 2. The number of nitrogens with zero attached hydrogens (tertiary/aromatic N) is 2. The molecule has 2 amide bonds. The van der Waals surface area contributed by atoms with Crippen LogP contribution in [-0.4, -0.2) is 48.5 Å². The average Bonchev–Trinajstić information content (AvgIpc) is 2.91. The van der Waals surface area contributed by atoms with Crippen molar-refractivity contribution in [2.45, 2.75) is 25.3 Å². The average molecular weight is 388 g/mol. The largest absolute Gasteiger partial charge is 0.321 e. The Bertz CT molecular complexity index is 872. The smallest absolute Gasteiger partial charge is 0.271 e. The molecule has 0 radical (unpaired) electrons. The first-order chi connectivity index (χ1) is 11.7. The first-order valence-corrected chi connectivity index (χ1v) is 9.81. The summed E-state index contributed by atoms with van der Waals surface area (Å²) in [5.74, 6) is -1.59. The minimum absolute atomic E-state index is 0.00652. The Morgan fingerprint density at radius 1 is 1.36 bits per heavy atom. The Morgan fingerprint density at radius 2 is 2.12 bits per heavy atom. The van der Waals surface area contributed by atoms with E-state index in [4.69, 9.17) is 11.6 Å². The number of hydrazone groups is 1. The summed E-state index contributed by atoms with van der Waals surface area (Å²) in [5, 5.41) is 7.59. The van der Waals surface area contributed by atoms with Gasteiger partial charge in [-0.05, 0) is 24.6 Å². The monoisotopic (exact) mass is 387 g/mol. The van der Waals surface area contributed by atoms with Crippen molar-refractivity contribution in [2.75, 3.05) is 16.8 Å². The van der Waals surface area contributed by atoms with E-state index in [0.717, 1.165) is 11.1 Å². The van der Waals surface area contributed by atoms with Crippen LogP contribution in [0.5, 0.6) is 0 Å². The van der Waals surface area contributed by atoms with Crippen molar-refractivity contribution in [3.63, 3.8) is 0 Å². The molecule has 25 heavy (non-hydrogen) atoms. The Hall–Kier alpha value is -2.00. The summed E-state index contributed by atoms with van der Waals surface area (Å²) in [7, 11) is -3.18. The van der Waals surface area contributed by atoms with Crippen molar-refractivity contribution in [1.29, 1.82) is 0 Å². The van der Waals surface area contributed by atoms with Crippen molar-refractivity contribution in [3.05, 3.63) is 29.0 Å². The van der Waals surface area contributed by atoms with E-state index < -0.39 is 27.6 Å². The summed E-state index contributed by atoms with van der Waals surface area (Å²) in [6, 6.07) is 3.21. The Labute approximate surface area is 148 Å². The standard InChI is InChI=1S/C15H15ClFN3O4S/c16-11-7-9(1-2-12(11)17)18-15(22)13-3-4-14(21)20(19-13)10-5-6-25(23,24)8-10/h1-2,7,10H,3-6,8H2,(H,18,22)/t10-/m0/s1. The van der Waals surface area contributed by atoms with Crippen LogP contribution in [0.2, 0.25) is 5.02 Å². The molecule has 0 aliphatic carbocycles. The van der Waals surface area contributed by atoms with Gasteiger partial charge in [0.1, 0.15) is 11.5 Å². The fourth-order valence-electron chi connectivity index (χ4n) is 2.77. The normalized spacial score (nSPS) is 22.6. The number of amides is 2. The van der Waals surface area contributed by atoms with Crippen LogP contribution in [0.3, 0.4) is 0 Å². The molecule has 1 atom stereocenters. The van der Waals surface area contributed by atoms with Crippen molar-refractivity contribution in [1.82, 2.24) is 5.01 Å². The highest BCUT2D eigenvalue weighted by molar-refractivity contribution is 7.91. The molecule has 2 aliphatic heterocycles. The Kier molecular flexibility index (Phi) is 4.79. The number of nitrogens with one attached hydrogen (secondary N) is 1. The van der Waals surface area contributed by atoms with E-state index in [1.807, 2.05) is 0 Å². The third-order valence-electron chi connectivity index (χ3n) is 4.05. The predicted octanol–water partition coefficient (Wildman–Crippen LogP) is 1.58. The van der Waals surface area contributed by atoms with Gasteiger partial charge in [-0.15, -0.1) is 0 Å². The van der Waals surface area contributed by atoms with Crippen molar-refractivity contribution in [2.24, 2.45) is 5.10 Å². The zero-order valence-electron chi connectivity index (χ0n) is 13.0. The van der Waals surface area contributed by atoms with Gasteiger partial charge in [-0.3, -0.25) is 9.59 Å². The van der Waals surface area contributed by atoms with E-state index in [1.165, 1.54) is 12.1 Å². The Balaban J connectivity index is 1.76. The van der Waals surface area contributed by atoms with Crippen LogP contribution in [0.4, 0.5) is 10.1 Å². The second kappa shape index (κ2) is 6.72. The summed E-state index contributed by atoms with van der Waals surface area (Å²) in [4.78, 5) is 24.4. The van der Waals surface area contributed by atoms with Crippen LogP contribution in [0.25, 0.3) is 0 Å². The number of sulfone groups is 1. The molecule has 0 saturated carbocycles. The number of hydrogen-bond acceptors (Lipinski definition) is 5. The molecule has 3 rings (SSSR count). The molecule has 1 fully saturated rings. The second-order valence-corrected chi connectivity index (χ2v) is 8.56. The van der Waals surface area contributed by atoms with Crippen molar-refractivity contribution < 1.29 is 22.4 Å². The maximum absolute atomic E-state index is 13.2. The maximum atomic E-state index is 13.2. The van der Waals surface area contributed by atoms with Gasteiger partial charge < -0.3 is 5.32 Å². The van der Waals surface area contributed by atoms with Crippen LogP contribution in [-0.2, 0) is 19.4 Å². The zero-order valence-corrected chi connectivity index (χ0v) is 14.6. The van der Waals surface area contributed by atoms with Gasteiger partial charge in [0.05, 0.1) is 22.6 Å². The van der Waals surface area contributed by atoms with Gasteiger partial charge in [0.15, 0.2) is 9.84 Å². The highest BCUT2D eigenvalue weighted by Crippen LogP contribution is 2.23. The molecule has 2 heterocycles. The summed E-state index contributed by atoms with van der Waals surface area (Å²) in [5.41, 5.74) is 0.412.